The maximum atomic E-state index is 13.1. The number of carbonyl (C=O) groups excluding carboxylic acids is 3. The number of fused-ring (bicyclic) bond motifs is 10. The van der Waals surface area contributed by atoms with Gasteiger partial charge in [-0.05, 0) is 46.0 Å². The Morgan fingerprint density at radius 1 is 1.16 bits per heavy atom. The number of carbonyl (C=O) groups is 3. The van der Waals surface area contributed by atoms with Crippen LogP contribution < -0.4 is 0 Å². The van der Waals surface area contributed by atoms with Gasteiger partial charge in [0.2, 0.25) is 0 Å². The van der Waals surface area contributed by atoms with E-state index >= 15 is 0 Å². The third-order valence-electron chi connectivity index (χ3n) is 6.74. The Bertz CT molecular complexity index is 674. The maximum Gasteiger partial charge on any atom is 0.311 e. The molecule has 8 heteroatoms. The molecule has 0 spiro atoms. The smallest absolute Gasteiger partial charge is 0.311 e. The highest BCUT2D eigenvalue weighted by molar-refractivity contribution is 5.96. The van der Waals surface area contributed by atoms with Crippen LogP contribution in [-0.4, -0.2) is 70.0 Å². The molecular formula is C23H38O8. The number of aliphatic hydroxyl groups is 2. The summed E-state index contributed by atoms with van der Waals surface area (Å²) in [6, 6.07) is 0. The number of aliphatic hydroxyl groups excluding tert-OH is 1. The molecule has 8 nitrogen and oxygen atoms in total. The fourth-order valence-corrected chi connectivity index (χ4v) is 4.37. The molecule has 3 saturated heterocycles. The minimum absolute atomic E-state index is 0.0716. The van der Waals surface area contributed by atoms with Gasteiger partial charge in [-0.15, -0.1) is 0 Å². The molecule has 0 aromatic heterocycles. The van der Waals surface area contributed by atoms with Crippen molar-refractivity contribution < 1.29 is 38.8 Å². The maximum absolute atomic E-state index is 13.1. The summed E-state index contributed by atoms with van der Waals surface area (Å²) in [7, 11) is 0. The summed E-state index contributed by atoms with van der Waals surface area (Å²) >= 11 is 0. The summed E-state index contributed by atoms with van der Waals surface area (Å²) < 4.78 is 17.2. The largest absolute Gasteiger partial charge is 0.459 e. The molecule has 3 heterocycles. The van der Waals surface area contributed by atoms with Crippen LogP contribution in [-0.2, 0) is 28.6 Å². The van der Waals surface area contributed by atoms with E-state index in [4.69, 9.17) is 14.2 Å². The first-order valence-electron chi connectivity index (χ1n) is 11.4. The summed E-state index contributed by atoms with van der Waals surface area (Å²) in [5.74, 6) is -2.83. The van der Waals surface area contributed by atoms with E-state index in [1.54, 1.807) is 13.8 Å². The lowest BCUT2D eigenvalue weighted by molar-refractivity contribution is -0.227. The first kappa shape index (κ1) is 25.9. The molecule has 0 aromatic carbocycles. The number of hydrogen-bond acceptors (Lipinski definition) is 8. The molecule has 3 fully saturated rings. The average Bonchev–Trinajstić information content (AvgIpc) is 2.72. The summed E-state index contributed by atoms with van der Waals surface area (Å²) in [5.41, 5.74) is -3.02. The van der Waals surface area contributed by atoms with Gasteiger partial charge in [-0.25, -0.2) is 0 Å². The third-order valence-corrected chi connectivity index (χ3v) is 6.74. The molecule has 0 saturated carbocycles. The number of unbranched alkanes of at least 4 members (excludes halogenated alkanes) is 1. The lowest BCUT2D eigenvalue weighted by Crippen LogP contribution is -2.66. The van der Waals surface area contributed by atoms with Gasteiger partial charge >= 0.3 is 5.97 Å². The van der Waals surface area contributed by atoms with Crippen LogP contribution in [0.25, 0.3) is 0 Å². The topological polar surface area (TPSA) is 119 Å². The van der Waals surface area contributed by atoms with Gasteiger partial charge < -0.3 is 24.4 Å². The zero-order valence-electron chi connectivity index (χ0n) is 19.6. The number of esters is 1. The Balaban J connectivity index is 2.37. The van der Waals surface area contributed by atoms with E-state index in [1.165, 1.54) is 13.8 Å². The Labute approximate surface area is 184 Å². The Morgan fingerprint density at radius 3 is 2.35 bits per heavy atom. The van der Waals surface area contributed by atoms with E-state index in [0.29, 0.717) is 13.0 Å². The predicted octanol–water partition coefficient (Wildman–Crippen LogP) is 1.97. The zero-order chi connectivity index (χ0) is 23.6. The lowest BCUT2D eigenvalue weighted by atomic mass is 9.76. The van der Waals surface area contributed by atoms with Crippen molar-refractivity contribution in [2.75, 3.05) is 6.61 Å². The highest BCUT2D eigenvalue weighted by Crippen LogP contribution is 2.39. The van der Waals surface area contributed by atoms with Crippen molar-refractivity contribution in [2.24, 2.45) is 11.8 Å². The molecule has 8 atom stereocenters. The van der Waals surface area contributed by atoms with Crippen molar-refractivity contribution in [3.05, 3.63) is 0 Å². The summed E-state index contributed by atoms with van der Waals surface area (Å²) in [5, 5.41) is 21.5. The average molecular weight is 443 g/mol. The van der Waals surface area contributed by atoms with Crippen LogP contribution in [0.3, 0.4) is 0 Å². The van der Waals surface area contributed by atoms with E-state index in [9.17, 15) is 24.6 Å². The molecule has 31 heavy (non-hydrogen) atoms. The third kappa shape index (κ3) is 5.35. The Morgan fingerprint density at radius 2 is 1.81 bits per heavy atom. The second kappa shape index (κ2) is 10.1. The summed E-state index contributed by atoms with van der Waals surface area (Å²) in [4.78, 5) is 38.5. The van der Waals surface area contributed by atoms with Crippen molar-refractivity contribution >= 4 is 17.5 Å². The van der Waals surface area contributed by atoms with Crippen LogP contribution in [0.15, 0.2) is 0 Å². The SMILES string of the molecule is CCCCO[C@@H]1CC(=O)[C@](C)(O)[C@@H](CC)OC(=O)[C@H](C)[C@@H](O)[C@H]2O[C@@](C)(C[C@H]1C)C2=O. The normalized spacial score (nSPS) is 42.5. The zero-order valence-corrected chi connectivity index (χ0v) is 19.6. The van der Waals surface area contributed by atoms with Gasteiger partial charge in [0.15, 0.2) is 17.2 Å². The molecule has 2 bridgehead atoms. The molecule has 0 unspecified atom stereocenters. The van der Waals surface area contributed by atoms with Crippen LogP contribution >= 0.6 is 0 Å². The van der Waals surface area contributed by atoms with Crippen molar-refractivity contribution in [1.29, 1.82) is 0 Å². The van der Waals surface area contributed by atoms with Crippen LogP contribution in [0.4, 0.5) is 0 Å². The molecule has 3 aliphatic rings. The first-order chi connectivity index (χ1) is 14.4. The fourth-order valence-electron chi connectivity index (χ4n) is 4.37. The van der Waals surface area contributed by atoms with E-state index in [0.717, 1.165) is 12.8 Å². The molecule has 2 N–H and O–H groups in total. The van der Waals surface area contributed by atoms with E-state index in [-0.39, 0.29) is 24.5 Å². The van der Waals surface area contributed by atoms with E-state index in [1.807, 2.05) is 13.8 Å². The number of ether oxygens (including phenoxy) is 3. The van der Waals surface area contributed by atoms with E-state index < -0.39 is 53.3 Å². The number of Topliss-reactive ketones (excluding diaryl/α,β-unsaturated/α-hetero) is 2. The number of ketones is 2. The van der Waals surface area contributed by atoms with E-state index in [2.05, 4.69) is 0 Å². The highest BCUT2D eigenvalue weighted by Gasteiger charge is 2.57. The molecule has 0 aliphatic carbocycles. The van der Waals surface area contributed by atoms with Crippen LogP contribution in [0.2, 0.25) is 0 Å². The van der Waals surface area contributed by atoms with Gasteiger partial charge in [-0.3, -0.25) is 14.4 Å². The second-order valence-corrected chi connectivity index (χ2v) is 9.47. The molecule has 178 valence electrons. The fraction of sp³-hybridized carbons (Fsp3) is 0.870. The standard InChI is InChI=1S/C23H38O8/c1-7-9-10-29-15-11-16(24)23(6,28)17(8-2)30-21(27)14(4)18(25)19-20(26)22(5,31-19)12-13(15)3/h13-15,17-19,25,28H,7-12H2,1-6H3/t13-,14-,15-,17-,18-,19-,22+,23+/m1/s1. The second-order valence-electron chi connectivity index (χ2n) is 9.47. The minimum atomic E-state index is -1.90. The monoisotopic (exact) mass is 442 g/mol. The van der Waals surface area contributed by atoms with Gasteiger partial charge in [0, 0.05) is 13.0 Å². The van der Waals surface area contributed by atoms with Gasteiger partial charge in [0.25, 0.3) is 0 Å². The van der Waals surface area contributed by atoms with Gasteiger partial charge in [-0.1, -0.05) is 27.2 Å². The van der Waals surface area contributed by atoms with Crippen LogP contribution in [0.5, 0.6) is 0 Å². The lowest BCUT2D eigenvalue weighted by Gasteiger charge is -2.48. The van der Waals surface area contributed by atoms with Crippen LogP contribution in [0.1, 0.15) is 73.6 Å². The quantitative estimate of drug-likeness (QED) is 0.490. The minimum Gasteiger partial charge on any atom is -0.459 e. The van der Waals surface area contributed by atoms with Crippen LogP contribution in [0, 0.1) is 11.8 Å². The Hall–Kier alpha value is -1.35. The number of hydrogen-bond donors (Lipinski definition) is 2. The molecule has 0 aromatic rings. The molecule has 3 rings (SSSR count). The highest BCUT2D eigenvalue weighted by atomic mass is 16.6. The Kier molecular flexibility index (Phi) is 8.41. The van der Waals surface area contributed by atoms with Crippen molar-refractivity contribution in [2.45, 2.75) is 109 Å². The molecular weight excluding hydrogens is 404 g/mol. The van der Waals surface area contributed by atoms with Gasteiger partial charge in [0.05, 0.1) is 12.0 Å². The van der Waals surface area contributed by atoms with Gasteiger partial charge in [-0.2, -0.15) is 0 Å². The number of rotatable bonds is 5. The van der Waals surface area contributed by atoms with Crippen molar-refractivity contribution in [3.8, 4) is 0 Å². The van der Waals surface area contributed by atoms with Crippen molar-refractivity contribution in [3.63, 3.8) is 0 Å². The molecule has 0 amide bonds. The first-order valence-corrected chi connectivity index (χ1v) is 11.4. The van der Waals surface area contributed by atoms with Gasteiger partial charge in [0.1, 0.15) is 23.9 Å². The van der Waals surface area contributed by atoms with Crippen molar-refractivity contribution in [1.82, 2.24) is 0 Å². The molecule has 3 aliphatic heterocycles. The molecule has 0 radical (unpaired) electrons. The summed E-state index contributed by atoms with van der Waals surface area (Å²) in [6.45, 7) is 10.5. The summed E-state index contributed by atoms with van der Waals surface area (Å²) in [6.07, 6.45) is -1.90. The predicted molar refractivity (Wildman–Crippen MR) is 112 cm³/mol.